The molecule has 0 saturated heterocycles. The number of rotatable bonds is 5. The second kappa shape index (κ2) is 6.38. The van der Waals surface area contributed by atoms with Gasteiger partial charge in [0, 0.05) is 22.5 Å². The minimum atomic E-state index is -0.183. The van der Waals surface area contributed by atoms with Gasteiger partial charge in [-0.2, -0.15) is 0 Å². The lowest BCUT2D eigenvalue weighted by atomic mass is 10.2. The highest BCUT2D eigenvalue weighted by Gasteiger charge is 2.01. The Morgan fingerprint density at radius 2 is 2.21 bits per heavy atom. The van der Waals surface area contributed by atoms with Crippen LogP contribution < -0.4 is 5.32 Å². The van der Waals surface area contributed by atoms with Crippen molar-refractivity contribution in [2.24, 2.45) is 0 Å². The first-order chi connectivity index (χ1) is 6.74. The Balaban J connectivity index is 2.42. The lowest BCUT2D eigenvalue weighted by Gasteiger charge is -2.05. The summed E-state index contributed by atoms with van der Waals surface area (Å²) < 4.78 is 14.0. The minimum absolute atomic E-state index is 0.183. The summed E-state index contributed by atoms with van der Waals surface area (Å²) in [6.07, 6.45) is 0.902. The van der Waals surface area contributed by atoms with Gasteiger partial charge in [0.05, 0.1) is 0 Å². The maximum atomic E-state index is 13.3. The van der Waals surface area contributed by atoms with Gasteiger partial charge in [-0.15, -0.1) is 11.6 Å². The Labute approximate surface area is 96.8 Å². The molecule has 0 saturated carbocycles. The topological polar surface area (TPSA) is 12.0 Å². The summed E-state index contributed by atoms with van der Waals surface area (Å²) in [6.45, 7) is 1.37. The lowest BCUT2D eigenvalue weighted by Crippen LogP contribution is -2.15. The molecule has 0 aromatic heterocycles. The summed E-state index contributed by atoms with van der Waals surface area (Å²) in [5.74, 6) is 0.452. The molecule has 0 aliphatic rings. The Morgan fingerprint density at radius 3 is 2.86 bits per heavy atom. The van der Waals surface area contributed by atoms with Crippen LogP contribution in [0.25, 0.3) is 0 Å². The number of hydrogen-bond donors (Lipinski definition) is 1. The summed E-state index contributed by atoms with van der Waals surface area (Å²) in [6, 6.07) is 5.08. The van der Waals surface area contributed by atoms with Crippen molar-refractivity contribution in [3.63, 3.8) is 0 Å². The van der Waals surface area contributed by atoms with E-state index in [1.54, 1.807) is 6.07 Å². The number of halogens is 3. The molecule has 0 radical (unpaired) electrons. The van der Waals surface area contributed by atoms with E-state index < -0.39 is 0 Å². The number of benzene rings is 1. The van der Waals surface area contributed by atoms with Crippen LogP contribution >= 0.6 is 27.5 Å². The standard InChI is InChI=1S/C10H12BrClFN/c11-9-3-2-8(10(13)6-9)7-14-5-1-4-12/h2-3,6,14H,1,4-5,7H2. The van der Waals surface area contributed by atoms with E-state index in [-0.39, 0.29) is 5.82 Å². The molecule has 4 heteroatoms. The summed E-state index contributed by atoms with van der Waals surface area (Å²) in [5.41, 5.74) is 0.683. The third-order valence-corrected chi connectivity index (χ3v) is 2.58. The molecule has 1 nitrogen and oxygen atoms in total. The molecule has 0 amide bonds. The monoisotopic (exact) mass is 279 g/mol. The van der Waals surface area contributed by atoms with Gasteiger partial charge in [0.2, 0.25) is 0 Å². The highest BCUT2D eigenvalue weighted by Crippen LogP contribution is 2.14. The summed E-state index contributed by atoms with van der Waals surface area (Å²) in [5, 5.41) is 3.12. The van der Waals surface area contributed by atoms with Gasteiger partial charge >= 0.3 is 0 Å². The average molecular weight is 281 g/mol. The molecule has 78 valence electrons. The molecule has 0 atom stereocenters. The molecule has 1 aromatic rings. The molecule has 1 N–H and O–H groups in total. The van der Waals surface area contributed by atoms with Gasteiger partial charge in [-0.1, -0.05) is 22.0 Å². The predicted molar refractivity (Wildman–Crippen MR) is 61.1 cm³/mol. The van der Waals surface area contributed by atoms with Crippen molar-refractivity contribution in [3.8, 4) is 0 Å². The highest BCUT2D eigenvalue weighted by molar-refractivity contribution is 9.10. The van der Waals surface area contributed by atoms with Crippen LogP contribution in [0.2, 0.25) is 0 Å². The molecule has 0 fully saturated rings. The number of alkyl halides is 1. The molecule has 0 aliphatic carbocycles. The summed E-state index contributed by atoms with van der Waals surface area (Å²) in [4.78, 5) is 0. The van der Waals surface area contributed by atoms with Gasteiger partial charge in [-0.25, -0.2) is 4.39 Å². The summed E-state index contributed by atoms with van der Waals surface area (Å²) in [7, 11) is 0. The van der Waals surface area contributed by atoms with Gasteiger partial charge in [0.15, 0.2) is 0 Å². The Kier molecular flexibility index (Phi) is 5.45. The molecular weight excluding hydrogens is 268 g/mol. The average Bonchev–Trinajstić information content (AvgIpc) is 2.15. The van der Waals surface area contributed by atoms with Crippen molar-refractivity contribution in [1.29, 1.82) is 0 Å². The van der Waals surface area contributed by atoms with E-state index in [1.165, 1.54) is 6.07 Å². The Bertz CT molecular complexity index is 293. The van der Waals surface area contributed by atoms with Crippen molar-refractivity contribution < 1.29 is 4.39 Å². The SMILES string of the molecule is Fc1cc(Br)ccc1CNCCCCl. The highest BCUT2D eigenvalue weighted by atomic mass is 79.9. The fraction of sp³-hybridized carbons (Fsp3) is 0.400. The van der Waals surface area contributed by atoms with E-state index >= 15 is 0 Å². The molecule has 14 heavy (non-hydrogen) atoms. The van der Waals surface area contributed by atoms with Crippen molar-refractivity contribution in [3.05, 3.63) is 34.1 Å². The summed E-state index contributed by atoms with van der Waals surface area (Å²) >= 11 is 8.73. The smallest absolute Gasteiger partial charge is 0.128 e. The molecule has 0 heterocycles. The Morgan fingerprint density at radius 1 is 1.43 bits per heavy atom. The molecule has 0 aliphatic heterocycles. The van der Waals surface area contributed by atoms with Crippen molar-refractivity contribution in [1.82, 2.24) is 5.32 Å². The minimum Gasteiger partial charge on any atom is -0.313 e. The molecule has 0 bridgehead atoms. The van der Waals surface area contributed by atoms with E-state index in [9.17, 15) is 4.39 Å². The van der Waals surface area contributed by atoms with Gasteiger partial charge in [-0.3, -0.25) is 0 Å². The quantitative estimate of drug-likeness (QED) is 0.644. The largest absolute Gasteiger partial charge is 0.313 e. The molecule has 0 spiro atoms. The zero-order valence-corrected chi connectivity index (χ0v) is 10.0. The lowest BCUT2D eigenvalue weighted by molar-refractivity contribution is 0.586. The number of nitrogens with one attached hydrogen (secondary N) is 1. The molecule has 1 aromatic carbocycles. The van der Waals surface area contributed by atoms with Gasteiger partial charge in [-0.05, 0) is 25.1 Å². The van der Waals surface area contributed by atoms with Crippen LogP contribution in [-0.4, -0.2) is 12.4 Å². The van der Waals surface area contributed by atoms with Crippen LogP contribution in [0.15, 0.2) is 22.7 Å². The van der Waals surface area contributed by atoms with E-state index in [0.29, 0.717) is 18.0 Å². The normalized spacial score (nSPS) is 10.5. The van der Waals surface area contributed by atoms with Crippen LogP contribution in [0.3, 0.4) is 0 Å². The second-order valence-electron chi connectivity index (χ2n) is 2.96. The van der Waals surface area contributed by atoms with E-state index in [4.69, 9.17) is 11.6 Å². The van der Waals surface area contributed by atoms with Gasteiger partial charge in [0.25, 0.3) is 0 Å². The maximum absolute atomic E-state index is 13.3. The van der Waals surface area contributed by atoms with Crippen LogP contribution in [0.1, 0.15) is 12.0 Å². The molecule has 1 rings (SSSR count). The van der Waals surface area contributed by atoms with Crippen molar-refractivity contribution in [2.75, 3.05) is 12.4 Å². The van der Waals surface area contributed by atoms with Gasteiger partial charge in [0.1, 0.15) is 5.82 Å². The zero-order chi connectivity index (χ0) is 10.4. The van der Waals surface area contributed by atoms with Crippen LogP contribution in [0, 0.1) is 5.82 Å². The van der Waals surface area contributed by atoms with Gasteiger partial charge < -0.3 is 5.32 Å². The third kappa shape index (κ3) is 3.95. The van der Waals surface area contributed by atoms with E-state index in [2.05, 4.69) is 21.2 Å². The van der Waals surface area contributed by atoms with E-state index in [0.717, 1.165) is 17.4 Å². The van der Waals surface area contributed by atoms with E-state index in [1.807, 2.05) is 6.07 Å². The number of hydrogen-bond acceptors (Lipinski definition) is 1. The van der Waals surface area contributed by atoms with Crippen LogP contribution in [0.5, 0.6) is 0 Å². The van der Waals surface area contributed by atoms with Crippen LogP contribution in [0.4, 0.5) is 4.39 Å². The Hall–Kier alpha value is -0.120. The second-order valence-corrected chi connectivity index (χ2v) is 4.25. The first-order valence-corrected chi connectivity index (χ1v) is 5.77. The first-order valence-electron chi connectivity index (χ1n) is 4.44. The molecule has 0 unspecified atom stereocenters. The first kappa shape index (κ1) is 12.0. The molecular formula is C10H12BrClFN. The fourth-order valence-corrected chi connectivity index (χ4v) is 1.55. The fourth-order valence-electron chi connectivity index (χ4n) is 1.08. The third-order valence-electron chi connectivity index (χ3n) is 1.82. The van der Waals surface area contributed by atoms with Crippen LogP contribution in [-0.2, 0) is 6.54 Å². The predicted octanol–water partition coefficient (Wildman–Crippen LogP) is 3.31. The van der Waals surface area contributed by atoms with Crippen molar-refractivity contribution in [2.45, 2.75) is 13.0 Å². The maximum Gasteiger partial charge on any atom is 0.128 e. The zero-order valence-electron chi connectivity index (χ0n) is 7.69. The van der Waals surface area contributed by atoms with Crippen molar-refractivity contribution >= 4 is 27.5 Å².